The fraction of sp³-hybridized carbons (Fsp3) is 0.312. The summed E-state index contributed by atoms with van der Waals surface area (Å²) in [5, 5.41) is 21.1. The van der Waals surface area contributed by atoms with Crippen LogP contribution in [0.2, 0.25) is 0 Å². The summed E-state index contributed by atoms with van der Waals surface area (Å²) in [5.74, 6) is 0.0978. The Morgan fingerprint density at radius 1 is 1.05 bits per heavy atom. The van der Waals surface area contributed by atoms with Crippen molar-refractivity contribution in [1.29, 1.82) is 0 Å². The Bertz CT molecular complexity index is 748. The number of carbonyl (C=O) groups is 1. The van der Waals surface area contributed by atoms with E-state index in [4.69, 9.17) is 0 Å². The Hall–Kier alpha value is -1.50. The molecule has 2 aromatic rings. The van der Waals surface area contributed by atoms with Crippen LogP contribution in [0.1, 0.15) is 42.2 Å². The maximum absolute atomic E-state index is 12.1. The van der Waals surface area contributed by atoms with Crippen molar-refractivity contribution in [2.24, 2.45) is 0 Å². The first-order chi connectivity index (χ1) is 10.1. The minimum absolute atomic E-state index is 0.0199. The highest BCUT2D eigenvalue weighted by Gasteiger charge is 2.45. The van der Waals surface area contributed by atoms with Gasteiger partial charge in [-0.15, -0.1) is 0 Å². The van der Waals surface area contributed by atoms with E-state index in [-0.39, 0.29) is 29.4 Å². The van der Waals surface area contributed by atoms with Crippen LogP contribution in [0.25, 0.3) is 5.69 Å². The third kappa shape index (κ3) is 1.76. The van der Waals surface area contributed by atoms with Crippen molar-refractivity contribution in [2.75, 3.05) is 0 Å². The number of ketones is 1. The molecule has 3 aliphatic rings. The van der Waals surface area contributed by atoms with Gasteiger partial charge in [-0.3, -0.25) is 9.36 Å². The number of benzene rings is 1. The normalized spacial score (nSPS) is 23.4. The van der Waals surface area contributed by atoms with Gasteiger partial charge in [-0.2, -0.15) is 0 Å². The van der Waals surface area contributed by atoms with Gasteiger partial charge < -0.3 is 10.2 Å². The maximum Gasteiger partial charge on any atom is 0.202 e. The Balaban J connectivity index is 1.96. The first-order valence-electron chi connectivity index (χ1n) is 7.03. The van der Waals surface area contributed by atoms with Gasteiger partial charge in [-0.25, -0.2) is 0 Å². The number of nitrogens with zero attached hydrogens (tertiary/aromatic N) is 1. The second kappa shape index (κ2) is 4.50. The quantitative estimate of drug-likeness (QED) is 0.728. The van der Waals surface area contributed by atoms with E-state index in [0.717, 1.165) is 22.0 Å². The summed E-state index contributed by atoms with van der Waals surface area (Å²) < 4.78 is 2.55. The molecule has 3 aliphatic carbocycles. The molecule has 1 saturated carbocycles. The summed E-state index contributed by atoms with van der Waals surface area (Å²) in [7, 11) is 0. The Kier molecular flexibility index (Phi) is 2.82. The van der Waals surface area contributed by atoms with Crippen LogP contribution in [-0.2, 0) is 4.79 Å². The highest BCUT2D eigenvalue weighted by molar-refractivity contribution is 14.1. The molecule has 2 atom stereocenters. The number of aromatic nitrogens is 1. The van der Waals surface area contributed by atoms with E-state index in [2.05, 4.69) is 22.6 Å². The van der Waals surface area contributed by atoms with Crippen LogP contribution in [-0.4, -0.2) is 20.6 Å². The smallest absolute Gasteiger partial charge is 0.202 e. The molecule has 5 rings (SSSR count). The summed E-state index contributed by atoms with van der Waals surface area (Å²) >= 11 is 2.21. The van der Waals surface area contributed by atoms with Crippen LogP contribution in [0.3, 0.4) is 0 Å². The van der Waals surface area contributed by atoms with Crippen LogP contribution in [0, 0.1) is 3.57 Å². The van der Waals surface area contributed by atoms with E-state index in [0.29, 0.717) is 17.7 Å². The lowest BCUT2D eigenvalue weighted by Gasteiger charge is -2.34. The van der Waals surface area contributed by atoms with E-state index >= 15 is 0 Å². The Labute approximate surface area is 135 Å². The lowest BCUT2D eigenvalue weighted by molar-refractivity contribution is -0.123. The van der Waals surface area contributed by atoms with Gasteiger partial charge in [0.2, 0.25) is 11.8 Å². The SMILES string of the molecule is O=C1C[C@@H]2CC[C@H]1c1c2c(O)n(-c2ccc(I)cc2)c1O. The second-order valence-corrected chi connectivity index (χ2v) is 7.03. The van der Waals surface area contributed by atoms with Crippen molar-refractivity contribution in [2.45, 2.75) is 31.1 Å². The molecule has 1 aromatic carbocycles. The largest absolute Gasteiger partial charge is 0.494 e. The zero-order valence-corrected chi connectivity index (χ0v) is 13.4. The minimum atomic E-state index is -0.249. The lowest BCUT2D eigenvalue weighted by atomic mass is 9.67. The maximum atomic E-state index is 12.1. The summed E-state index contributed by atoms with van der Waals surface area (Å²) in [6, 6.07) is 7.56. The Morgan fingerprint density at radius 3 is 2.38 bits per heavy atom. The average molecular weight is 395 g/mol. The topological polar surface area (TPSA) is 62.5 Å². The second-order valence-electron chi connectivity index (χ2n) is 5.78. The van der Waals surface area contributed by atoms with Gasteiger partial charge in [0, 0.05) is 27.0 Å². The number of hydrogen-bond donors (Lipinski definition) is 2. The molecule has 0 unspecified atom stereocenters. The first kappa shape index (κ1) is 13.2. The molecule has 0 spiro atoms. The third-order valence-corrected chi connectivity index (χ3v) is 5.40. The number of Topliss-reactive ketones (excluding diaryl/α,β-unsaturated/α-hetero) is 1. The van der Waals surface area contributed by atoms with Gasteiger partial charge >= 0.3 is 0 Å². The van der Waals surface area contributed by atoms with Crippen molar-refractivity contribution < 1.29 is 15.0 Å². The van der Waals surface area contributed by atoms with Crippen molar-refractivity contribution in [1.82, 2.24) is 4.57 Å². The summed E-state index contributed by atoms with van der Waals surface area (Å²) in [6.07, 6.45) is 2.18. The molecule has 1 heterocycles. The molecule has 1 aromatic heterocycles. The van der Waals surface area contributed by atoms with Gasteiger partial charge in [0.05, 0.1) is 5.69 Å². The molecule has 0 aliphatic heterocycles. The van der Waals surface area contributed by atoms with E-state index in [1.54, 1.807) is 0 Å². The fourth-order valence-corrected chi connectivity index (χ4v) is 4.09. The zero-order chi connectivity index (χ0) is 14.7. The number of rotatable bonds is 1. The molecule has 2 N–H and O–H groups in total. The highest BCUT2D eigenvalue weighted by atomic mass is 127. The predicted molar refractivity (Wildman–Crippen MR) is 86.2 cm³/mol. The molecular formula is C16H14INO3. The zero-order valence-electron chi connectivity index (χ0n) is 11.2. The van der Waals surface area contributed by atoms with E-state index in [1.807, 2.05) is 24.3 Å². The summed E-state index contributed by atoms with van der Waals surface area (Å²) in [6.45, 7) is 0. The number of hydrogen-bond acceptors (Lipinski definition) is 3. The minimum Gasteiger partial charge on any atom is -0.494 e. The monoisotopic (exact) mass is 395 g/mol. The van der Waals surface area contributed by atoms with Crippen LogP contribution < -0.4 is 0 Å². The van der Waals surface area contributed by atoms with Gasteiger partial charge in [0.25, 0.3) is 0 Å². The molecule has 5 heteroatoms. The van der Waals surface area contributed by atoms with E-state index in [9.17, 15) is 15.0 Å². The number of fused-ring (bicyclic) bond motifs is 2. The van der Waals surface area contributed by atoms with E-state index < -0.39 is 0 Å². The van der Waals surface area contributed by atoms with Gasteiger partial charge in [-0.05, 0) is 65.6 Å². The van der Waals surface area contributed by atoms with Crippen LogP contribution >= 0.6 is 22.6 Å². The van der Waals surface area contributed by atoms with Crippen molar-refractivity contribution in [3.63, 3.8) is 0 Å². The summed E-state index contributed by atoms with van der Waals surface area (Å²) in [5.41, 5.74) is 2.15. The molecule has 21 heavy (non-hydrogen) atoms. The average Bonchev–Trinajstić information content (AvgIpc) is 2.74. The first-order valence-corrected chi connectivity index (χ1v) is 8.11. The Morgan fingerprint density at radius 2 is 1.71 bits per heavy atom. The summed E-state index contributed by atoms with van der Waals surface area (Å²) in [4.78, 5) is 12.1. The van der Waals surface area contributed by atoms with Crippen LogP contribution in [0.5, 0.6) is 11.8 Å². The van der Waals surface area contributed by atoms with Gasteiger partial charge in [-0.1, -0.05) is 0 Å². The molecule has 0 amide bonds. The molecule has 108 valence electrons. The third-order valence-electron chi connectivity index (χ3n) is 4.68. The molecule has 0 saturated heterocycles. The van der Waals surface area contributed by atoms with Crippen molar-refractivity contribution >= 4 is 28.4 Å². The van der Waals surface area contributed by atoms with Crippen molar-refractivity contribution in [3.05, 3.63) is 39.0 Å². The van der Waals surface area contributed by atoms with E-state index in [1.165, 1.54) is 4.57 Å². The molecule has 2 bridgehead atoms. The van der Waals surface area contributed by atoms with Gasteiger partial charge in [0.1, 0.15) is 5.78 Å². The molecule has 1 fully saturated rings. The highest BCUT2D eigenvalue weighted by Crippen LogP contribution is 2.55. The number of halogens is 1. The lowest BCUT2D eigenvalue weighted by Crippen LogP contribution is -2.28. The number of carbonyl (C=O) groups excluding carboxylic acids is 1. The fourth-order valence-electron chi connectivity index (χ4n) is 3.73. The molecular weight excluding hydrogens is 381 g/mol. The molecule has 0 radical (unpaired) electrons. The number of aromatic hydroxyl groups is 2. The van der Waals surface area contributed by atoms with Gasteiger partial charge in [0.15, 0.2) is 0 Å². The molecule has 4 nitrogen and oxygen atoms in total. The predicted octanol–water partition coefficient (Wildman–Crippen LogP) is 3.43. The standard InChI is InChI=1S/C16H14INO3/c17-9-2-4-10(5-3-9)18-15(20)13-8-1-6-11(12(19)7-8)14(13)16(18)21/h2-5,8,11,20-21H,1,6-7H2/t8-,11+/m0/s1. The van der Waals surface area contributed by atoms with Crippen molar-refractivity contribution in [3.8, 4) is 17.4 Å². The van der Waals surface area contributed by atoms with Crippen LogP contribution in [0.4, 0.5) is 0 Å². The van der Waals surface area contributed by atoms with Crippen LogP contribution in [0.15, 0.2) is 24.3 Å².